The lowest BCUT2D eigenvalue weighted by Gasteiger charge is -2.36. The maximum atomic E-state index is 14.7. The fraction of sp³-hybridized carbons (Fsp3) is 0.357. The van der Waals surface area contributed by atoms with Crippen LogP contribution in [0.25, 0.3) is 0 Å². The molecule has 1 amide bonds. The zero-order valence-electron chi connectivity index (χ0n) is 21.1. The molecule has 0 saturated heterocycles. The number of likely N-dealkylation sites (N-methyl/N-ethyl adjacent to an activating group) is 1. The first-order valence-corrected chi connectivity index (χ1v) is 12.2. The number of hydrogen-bond acceptors (Lipinski definition) is 6. The number of nitrogens with one attached hydrogen (secondary N) is 2. The molecule has 7 nitrogen and oxygen atoms in total. The van der Waals surface area contributed by atoms with Crippen LogP contribution < -0.4 is 10.6 Å². The summed E-state index contributed by atoms with van der Waals surface area (Å²) >= 11 is 0. The van der Waals surface area contributed by atoms with Gasteiger partial charge in [-0.05, 0) is 51.2 Å². The van der Waals surface area contributed by atoms with Crippen molar-refractivity contribution in [1.82, 2.24) is 10.2 Å². The highest BCUT2D eigenvalue weighted by Crippen LogP contribution is 2.47. The number of fused-ring (bicyclic) bond motifs is 2. The average Bonchev–Trinajstić information content (AvgIpc) is 3.44. The van der Waals surface area contributed by atoms with E-state index in [1.54, 1.807) is 19.1 Å². The number of anilines is 1. The third-order valence-corrected chi connectivity index (χ3v) is 6.42. The van der Waals surface area contributed by atoms with Crippen LogP contribution in [0.1, 0.15) is 12.5 Å². The Bertz CT molecular complexity index is 1220. The summed E-state index contributed by atoms with van der Waals surface area (Å²) in [4.78, 5) is 28.5. The predicted molar refractivity (Wildman–Crippen MR) is 136 cm³/mol. The van der Waals surface area contributed by atoms with Crippen LogP contribution in [-0.4, -0.2) is 68.3 Å². The molecular formula is C28H31F2N3O4. The van der Waals surface area contributed by atoms with Gasteiger partial charge in [0, 0.05) is 19.2 Å². The molecule has 2 aliphatic heterocycles. The number of hydrogen-bond donors (Lipinski definition) is 2. The van der Waals surface area contributed by atoms with Gasteiger partial charge in [-0.3, -0.25) is 4.79 Å². The van der Waals surface area contributed by atoms with Gasteiger partial charge in [0.05, 0.1) is 29.5 Å². The summed E-state index contributed by atoms with van der Waals surface area (Å²) < 4.78 is 40.1. The van der Waals surface area contributed by atoms with E-state index < -0.39 is 41.3 Å². The monoisotopic (exact) mass is 511 g/mol. The van der Waals surface area contributed by atoms with Gasteiger partial charge in [0.1, 0.15) is 23.3 Å². The van der Waals surface area contributed by atoms with Crippen molar-refractivity contribution in [1.29, 1.82) is 0 Å². The molecule has 0 radical (unpaired) electrons. The maximum Gasteiger partial charge on any atom is 0.337 e. The van der Waals surface area contributed by atoms with E-state index in [0.717, 1.165) is 17.7 Å². The second kappa shape index (κ2) is 11.2. The van der Waals surface area contributed by atoms with Crippen LogP contribution >= 0.6 is 0 Å². The van der Waals surface area contributed by atoms with E-state index in [9.17, 15) is 18.4 Å². The van der Waals surface area contributed by atoms with Crippen molar-refractivity contribution in [2.75, 3.05) is 39.1 Å². The van der Waals surface area contributed by atoms with Gasteiger partial charge in [-0.15, -0.1) is 0 Å². The number of nitrogens with zero attached hydrogens (tertiary/aromatic N) is 1. The summed E-state index contributed by atoms with van der Waals surface area (Å²) in [6.07, 6.45) is 3.00. The normalized spacial score (nSPS) is 20.9. The summed E-state index contributed by atoms with van der Waals surface area (Å²) in [6.45, 7) is 2.77. The highest BCUT2D eigenvalue weighted by molar-refractivity contribution is 6.07. The van der Waals surface area contributed by atoms with Gasteiger partial charge < -0.3 is 25.0 Å². The standard InChI is InChI=1S/C28H31F2N3O4/c1-4-36-27(35)25-24(26(34)31-14-15-33(2)3)22-12-13-28(25,37-22)23(16-18-8-6-5-7-9-18)32-21-11-10-19(29)17-20(21)30/h5-13,17,22-23,32H,4,14-16H2,1-3H3,(H,31,34). The minimum atomic E-state index is -1.41. The third kappa shape index (κ3) is 5.57. The van der Waals surface area contributed by atoms with E-state index >= 15 is 0 Å². The lowest BCUT2D eigenvalue weighted by Crippen LogP contribution is -2.50. The Morgan fingerprint density at radius 1 is 1.16 bits per heavy atom. The maximum absolute atomic E-state index is 14.7. The quantitative estimate of drug-likeness (QED) is 0.356. The predicted octanol–water partition coefficient (Wildman–Crippen LogP) is 3.23. The molecule has 9 heteroatoms. The van der Waals surface area contributed by atoms with E-state index in [2.05, 4.69) is 10.6 Å². The summed E-state index contributed by atoms with van der Waals surface area (Å²) in [5, 5.41) is 5.99. The Hall–Kier alpha value is -3.56. The number of esters is 1. The third-order valence-electron chi connectivity index (χ3n) is 6.42. The Morgan fingerprint density at radius 3 is 2.59 bits per heavy atom. The van der Waals surface area contributed by atoms with Gasteiger partial charge >= 0.3 is 5.97 Å². The molecule has 0 saturated carbocycles. The molecule has 0 aromatic heterocycles. The second-order valence-electron chi connectivity index (χ2n) is 9.27. The largest absolute Gasteiger partial charge is 0.463 e. The van der Waals surface area contributed by atoms with Crippen LogP contribution in [-0.2, 0) is 25.5 Å². The Labute approximate surface area is 215 Å². The topological polar surface area (TPSA) is 79.9 Å². The highest BCUT2D eigenvalue weighted by atomic mass is 19.1. The van der Waals surface area contributed by atoms with E-state index in [0.29, 0.717) is 19.5 Å². The van der Waals surface area contributed by atoms with E-state index in [1.807, 2.05) is 49.3 Å². The molecule has 2 heterocycles. The van der Waals surface area contributed by atoms with E-state index in [4.69, 9.17) is 9.47 Å². The Balaban J connectivity index is 1.77. The van der Waals surface area contributed by atoms with Crippen molar-refractivity contribution >= 4 is 17.6 Å². The highest BCUT2D eigenvalue weighted by Gasteiger charge is 2.58. The van der Waals surface area contributed by atoms with Gasteiger partial charge in [0.2, 0.25) is 0 Å². The minimum absolute atomic E-state index is 0.0456. The minimum Gasteiger partial charge on any atom is -0.463 e. The number of carbonyl (C=O) groups excluding carboxylic acids is 2. The number of halogens is 2. The van der Waals surface area contributed by atoms with Gasteiger partial charge in [-0.25, -0.2) is 13.6 Å². The molecule has 4 rings (SSSR count). The van der Waals surface area contributed by atoms with Crippen LogP contribution in [0.2, 0.25) is 0 Å². The van der Waals surface area contributed by atoms with Crippen molar-refractivity contribution in [2.24, 2.45) is 0 Å². The zero-order valence-corrected chi connectivity index (χ0v) is 21.1. The van der Waals surface area contributed by atoms with Gasteiger partial charge in [0.15, 0.2) is 0 Å². The molecule has 0 spiro atoms. The van der Waals surface area contributed by atoms with Crippen LogP contribution in [0.15, 0.2) is 71.8 Å². The van der Waals surface area contributed by atoms with E-state index in [-0.39, 0.29) is 23.4 Å². The summed E-state index contributed by atoms with van der Waals surface area (Å²) in [7, 11) is 3.78. The summed E-state index contributed by atoms with van der Waals surface area (Å²) in [5.41, 5.74) is -0.213. The van der Waals surface area contributed by atoms with Gasteiger partial charge in [0.25, 0.3) is 5.91 Å². The number of carbonyl (C=O) groups is 2. The van der Waals surface area contributed by atoms with Crippen molar-refractivity contribution in [3.05, 3.63) is 89.0 Å². The average molecular weight is 512 g/mol. The molecule has 3 unspecified atom stereocenters. The number of ether oxygens (including phenoxy) is 2. The molecule has 0 fully saturated rings. The van der Waals surface area contributed by atoms with Crippen LogP contribution in [0.3, 0.4) is 0 Å². The lowest BCUT2D eigenvalue weighted by molar-refractivity contribution is -0.140. The van der Waals surface area contributed by atoms with Crippen molar-refractivity contribution < 1.29 is 27.8 Å². The Morgan fingerprint density at radius 2 is 1.92 bits per heavy atom. The molecule has 0 aliphatic carbocycles. The molecule has 3 atom stereocenters. The molecule has 2 N–H and O–H groups in total. The summed E-state index contributed by atoms with van der Waals surface area (Å²) in [6, 6.07) is 11.9. The molecule has 196 valence electrons. The first kappa shape index (κ1) is 26.5. The first-order valence-electron chi connectivity index (χ1n) is 12.2. The SMILES string of the molecule is CCOC(=O)C1=C(C(=O)NCCN(C)C)C2C=CC1(C(Cc1ccccc1)Nc1ccc(F)cc1F)O2. The second-order valence-corrected chi connectivity index (χ2v) is 9.27. The first-order chi connectivity index (χ1) is 17.7. The van der Waals surface area contributed by atoms with Gasteiger partial charge in [-0.2, -0.15) is 0 Å². The fourth-order valence-electron chi connectivity index (χ4n) is 4.70. The lowest BCUT2D eigenvalue weighted by atomic mass is 9.78. The molecule has 2 aromatic carbocycles. The number of rotatable bonds is 11. The zero-order chi connectivity index (χ0) is 26.6. The van der Waals surface area contributed by atoms with Crippen LogP contribution in [0.5, 0.6) is 0 Å². The van der Waals surface area contributed by atoms with Crippen molar-refractivity contribution in [3.63, 3.8) is 0 Å². The van der Waals surface area contributed by atoms with Crippen LogP contribution in [0, 0.1) is 11.6 Å². The number of benzene rings is 2. The molecule has 37 heavy (non-hydrogen) atoms. The van der Waals surface area contributed by atoms with Crippen LogP contribution in [0.4, 0.5) is 14.5 Å². The van der Waals surface area contributed by atoms with E-state index in [1.165, 1.54) is 6.07 Å². The van der Waals surface area contributed by atoms with Crippen molar-refractivity contribution in [2.45, 2.75) is 31.1 Å². The van der Waals surface area contributed by atoms with Crippen molar-refractivity contribution in [3.8, 4) is 0 Å². The summed E-state index contributed by atoms with van der Waals surface area (Å²) in [5.74, 6) is -2.59. The molecular weight excluding hydrogens is 480 g/mol. The fourth-order valence-corrected chi connectivity index (χ4v) is 4.70. The smallest absolute Gasteiger partial charge is 0.337 e. The molecule has 2 aliphatic rings. The number of amides is 1. The molecule has 2 aromatic rings. The molecule has 2 bridgehead atoms. The van der Waals surface area contributed by atoms with Gasteiger partial charge in [-0.1, -0.05) is 36.4 Å². The Kier molecular flexibility index (Phi) is 8.04.